The topological polar surface area (TPSA) is 63.4 Å². The van der Waals surface area contributed by atoms with Crippen LogP contribution in [-0.2, 0) is 29.7 Å². The highest BCUT2D eigenvalue weighted by Gasteiger charge is 2.33. The highest BCUT2D eigenvalue weighted by atomic mass is 32.2. The molecule has 2 aromatic rings. The molecule has 0 bridgehead atoms. The van der Waals surface area contributed by atoms with Gasteiger partial charge in [-0.15, -0.1) is 11.3 Å². The number of thiophene rings is 1. The highest BCUT2D eigenvalue weighted by Crippen LogP contribution is 2.33. The normalized spacial score (nSPS) is 15.5. The first kappa shape index (κ1) is 13.8. The molecule has 0 amide bonds. The molecule has 1 aliphatic rings. The van der Waals surface area contributed by atoms with Crippen molar-refractivity contribution in [2.24, 2.45) is 5.73 Å². The predicted molar refractivity (Wildman–Crippen MR) is 79.8 cm³/mol. The lowest BCUT2D eigenvalue weighted by atomic mass is 10.1. The van der Waals surface area contributed by atoms with E-state index in [-0.39, 0.29) is 6.54 Å². The molecule has 0 spiro atoms. The average molecular weight is 308 g/mol. The van der Waals surface area contributed by atoms with Gasteiger partial charge in [0.25, 0.3) is 0 Å². The number of hydrogen-bond donors (Lipinski definition) is 1. The highest BCUT2D eigenvalue weighted by molar-refractivity contribution is 7.89. The van der Waals surface area contributed by atoms with Gasteiger partial charge < -0.3 is 5.73 Å². The van der Waals surface area contributed by atoms with Crippen molar-refractivity contribution in [1.82, 2.24) is 4.31 Å². The van der Waals surface area contributed by atoms with Crippen LogP contribution in [0.2, 0.25) is 0 Å². The number of sulfonamides is 1. The van der Waals surface area contributed by atoms with E-state index in [0.717, 1.165) is 21.6 Å². The second kappa shape index (κ2) is 4.96. The first-order valence-electron chi connectivity index (χ1n) is 6.38. The third kappa shape index (κ3) is 2.09. The summed E-state index contributed by atoms with van der Waals surface area (Å²) in [7, 11) is -3.47. The standard InChI is InChI=1S/C14H16N2O2S2/c1-10-9-19-13(6-15)14(10)20(17,18)16-7-11-4-2-3-5-12(11)8-16/h2-5,9H,6-8,15H2,1H3. The number of benzene rings is 1. The van der Waals surface area contributed by atoms with Gasteiger partial charge >= 0.3 is 0 Å². The van der Waals surface area contributed by atoms with E-state index in [1.807, 2.05) is 36.6 Å². The maximum atomic E-state index is 12.8. The lowest BCUT2D eigenvalue weighted by molar-refractivity contribution is 0.431. The Labute approximate surface area is 122 Å². The minimum Gasteiger partial charge on any atom is -0.326 e. The van der Waals surface area contributed by atoms with E-state index in [1.54, 1.807) is 0 Å². The van der Waals surface area contributed by atoms with Crippen LogP contribution in [0, 0.1) is 6.92 Å². The summed E-state index contributed by atoms with van der Waals surface area (Å²) in [4.78, 5) is 1.14. The quantitative estimate of drug-likeness (QED) is 0.945. The monoisotopic (exact) mass is 308 g/mol. The summed E-state index contributed by atoms with van der Waals surface area (Å²) in [6.45, 7) is 2.97. The van der Waals surface area contributed by atoms with Gasteiger partial charge in [0, 0.05) is 24.5 Å². The molecule has 0 aliphatic carbocycles. The molecular formula is C14H16N2O2S2. The number of nitrogens with zero attached hydrogens (tertiary/aromatic N) is 1. The first-order chi connectivity index (χ1) is 9.54. The lowest BCUT2D eigenvalue weighted by Crippen LogP contribution is -2.27. The molecule has 0 saturated carbocycles. The van der Waals surface area contributed by atoms with Crippen molar-refractivity contribution < 1.29 is 8.42 Å². The molecule has 1 aromatic carbocycles. The van der Waals surface area contributed by atoms with Gasteiger partial charge in [-0.3, -0.25) is 0 Å². The molecule has 6 heteroatoms. The zero-order valence-electron chi connectivity index (χ0n) is 11.2. The molecule has 2 heterocycles. The van der Waals surface area contributed by atoms with Crippen LogP contribution in [0.1, 0.15) is 21.6 Å². The van der Waals surface area contributed by atoms with Gasteiger partial charge in [-0.25, -0.2) is 8.42 Å². The molecule has 4 nitrogen and oxygen atoms in total. The summed E-state index contributed by atoms with van der Waals surface area (Å²) < 4.78 is 27.2. The number of nitrogens with two attached hydrogens (primary N) is 1. The summed E-state index contributed by atoms with van der Waals surface area (Å²) in [5, 5.41) is 1.86. The number of aryl methyl sites for hydroxylation is 1. The molecule has 3 rings (SSSR count). The summed E-state index contributed by atoms with van der Waals surface area (Å²) >= 11 is 1.41. The van der Waals surface area contributed by atoms with Crippen molar-refractivity contribution >= 4 is 21.4 Å². The molecule has 0 unspecified atom stereocenters. The predicted octanol–water partition coefficient (Wildman–Crippen LogP) is 2.22. The van der Waals surface area contributed by atoms with Crippen LogP contribution in [0.4, 0.5) is 0 Å². The van der Waals surface area contributed by atoms with Gasteiger partial charge in [0.15, 0.2) is 0 Å². The van der Waals surface area contributed by atoms with Gasteiger partial charge in [0.1, 0.15) is 4.90 Å². The largest absolute Gasteiger partial charge is 0.326 e. The molecule has 1 aliphatic heterocycles. The summed E-state index contributed by atoms with van der Waals surface area (Å²) in [6, 6.07) is 7.84. The summed E-state index contributed by atoms with van der Waals surface area (Å²) in [5.41, 5.74) is 8.62. The van der Waals surface area contributed by atoms with Crippen LogP contribution in [-0.4, -0.2) is 12.7 Å². The van der Waals surface area contributed by atoms with E-state index in [0.29, 0.717) is 18.0 Å². The molecular weight excluding hydrogens is 292 g/mol. The average Bonchev–Trinajstić information content (AvgIpc) is 3.02. The van der Waals surface area contributed by atoms with Crippen LogP contribution in [0.3, 0.4) is 0 Å². The van der Waals surface area contributed by atoms with Crippen molar-refractivity contribution in [3.8, 4) is 0 Å². The smallest absolute Gasteiger partial charge is 0.245 e. The molecule has 0 fully saturated rings. The van der Waals surface area contributed by atoms with Gasteiger partial charge in [-0.2, -0.15) is 4.31 Å². The van der Waals surface area contributed by atoms with E-state index in [4.69, 9.17) is 5.73 Å². The Kier molecular flexibility index (Phi) is 3.41. The summed E-state index contributed by atoms with van der Waals surface area (Å²) in [5.74, 6) is 0. The molecule has 0 radical (unpaired) electrons. The van der Waals surface area contributed by atoms with Crippen LogP contribution in [0.5, 0.6) is 0 Å². The van der Waals surface area contributed by atoms with Crippen molar-refractivity contribution in [2.45, 2.75) is 31.5 Å². The Morgan fingerprint density at radius 3 is 2.40 bits per heavy atom. The maximum Gasteiger partial charge on any atom is 0.245 e. The van der Waals surface area contributed by atoms with Gasteiger partial charge in [-0.05, 0) is 29.0 Å². The Morgan fingerprint density at radius 1 is 1.25 bits per heavy atom. The number of fused-ring (bicyclic) bond motifs is 1. The fourth-order valence-electron chi connectivity index (χ4n) is 2.58. The second-order valence-electron chi connectivity index (χ2n) is 4.92. The Bertz CT molecular complexity index is 725. The molecule has 20 heavy (non-hydrogen) atoms. The van der Waals surface area contributed by atoms with E-state index in [1.165, 1.54) is 15.6 Å². The minimum absolute atomic E-state index is 0.258. The van der Waals surface area contributed by atoms with Crippen LogP contribution in [0.15, 0.2) is 34.5 Å². The van der Waals surface area contributed by atoms with Gasteiger partial charge in [0.05, 0.1) is 0 Å². The molecule has 0 saturated heterocycles. The van der Waals surface area contributed by atoms with E-state index in [9.17, 15) is 8.42 Å². The Morgan fingerprint density at radius 2 is 1.85 bits per heavy atom. The van der Waals surface area contributed by atoms with E-state index >= 15 is 0 Å². The molecule has 0 atom stereocenters. The van der Waals surface area contributed by atoms with Crippen molar-refractivity contribution in [3.63, 3.8) is 0 Å². The molecule has 106 valence electrons. The molecule has 1 aromatic heterocycles. The first-order valence-corrected chi connectivity index (χ1v) is 8.70. The zero-order chi connectivity index (χ0) is 14.3. The Balaban J connectivity index is 2.01. The summed E-state index contributed by atoms with van der Waals surface area (Å²) in [6.07, 6.45) is 0. The SMILES string of the molecule is Cc1csc(CN)c1S(=O)(=O)N1Cc2ccccc2C1. The number of hydrogen-bond acceptors (Lipinski definition) is 4. The van der Waals surface area contributed by atoms with Crippen LogP contribution >= 0.6 is 11.3 Å². The van der Waals surface area contributed by atoms with Crippen molar-refractivity contribution in [3.05, 3.63) is 51.2 Å². The fraction of sp³-hybridized carbons (Fsp3) is 0.286. The Hall–Kier alpha value is -1.21. The maximum absolute atomic E-state index is 12.8. The number of rotatable bonds is 3. The van der Waals surface area contributed by atoms with Crippen LogP contribution in [0.25, 0.3) is 0 Å². The lowest BCUT2D eigenvalue weighted by Gasteiger charge is -2.16. The molecule has 2 N–H and O–H groups in total. The van der Waals surface area contributed by atoms with Gasteiger partial charge in [0.2, 0.25) is 10.0 Å². The second-order valence-corrected chi connectivity index (χ2v) is 7.76. The van der Waals surface area contributed by atoms with E-state index < -0.39 is 10.0 Å². The van der Waals surface area contributed by atoms with Crippen LogP contribution < -0.4 is 5.73 Å². The fourth-order valence-corrected chi connectivity index (χ4v) is 5.62. The van der Waals surface area contributed by atoms with Crippen molar-refractivity contribution in [2.75, 3.05) is 0 Å². The van der Waals surface area contributed by atoms with Gasteiger partial charge in [-0.1, -0.05) is 24.3 Å². The third-order valence-corrected chi connectivity index (χ3v) is 6.86. The zero-order valence-corrected chi connectivity index (χ0v) is 12.8. The minimum atomic E-state index is -3.47. The van der Waals surface area contributed by atoms with E-state index in [2.05, 4.69) is 0 Å². The van der Waals surface area contributed by atoms with Crippen molar-refractivity contribution in [1.29, 1.82) is 0 Å². The third-order valence-electron chi connectivity index (χ3n) is 3.58.